The van der Waals surface area contributed by atoms with Gasteiger partial charge in [-0.1, -0.05) is 45.0 Å². The summed E-state index contributed by atoms with van der Waals surface area (Å²) in [5.41, 5.74) is 3.45. The van der Waals surface area contributed by atoms with E-state index in [-0.39, 0.29) is 5.91 Å². The minimum absolute atomic E-state index is 0.108. The molecule has 1 N–H and O–H groups in total. The van der Waals surface area contributed by atoms with E-state index in [1.807, 2.05) is 37.3 Å². The van der Waals surface area contributed by atoms with Crippen LogP contribution in [-0.4, -0.2) is 28.6 Å². The lowest BCUT2D eigenvalue weighted by Gasteiger charge is -2.12. The van der Waals surface area contributed by atoms with Gasteiger partial charge in [-0.25, -0.2) is 4.98 Å². The highest BCUT2D eigenvalue weighted by Crippen LogP contribution is 2.20. The highest BCUT2D eigenvalue weighted by molar-refractivity contribution is 5.76. The fraction of sp³-hybridized carbons (Fsp3) is 0.440. The molecule has 0 saturated heterocycles. The van der Waals surface area contributed by atoms with Crippen molar-refractivity contribution in [2.24, 2.45) is 0 Å². The molecule has 0 aliphatic carbocycles. The van der Waals surface area contributed by atoms with Crippen molar-refractivity contribution < 1.29 is 9.53 Å². The summed E-state index contributed by atoms with van der Waals surface area (Å²) in [6.45, 7) is 8.50. The second-order valence-corrected chi connectivity index (χ2v) is 7.94. The van der Waals surface area contributed by atoms with Gasteiger partial charge in [0.25, 0.3) is 0 Å². The molecular weight excluding hydrogens is 374 g/mol. The lowest BCUT2D eigenvalue weighted by molar-refractivity contribution is -0.121. The molecular formula is C25H33N3O2. The van der Waals surface area contributed by atoms with Gasteiger partial charge in [0.15, 0.2) is 0 Å². The van der Waals surface area contributed by atoms with Crippen LogP contribution in [0.2, 0.25) is 0 Å². The molecule has 3 aromatic rings. The minimum Gasteiger partial charge on any atom is -0.494 e. The van der Waals surface area contributed by atoms with Gasteiger partial charge in [-0.3, -0.25) is 4.79 Å². The van der Waals surface area contributed by atoms with Crippen LogP contribution < -0.4 is 10.1 Å². The summed E-state index contributed by atoms with van der Waals surface area (Å²) in [6, 6.07) is 16.6. The average molecular weight is 408 g/mol. The maximum absolute atomic E-state index is 11.7. The number of rotatable bonds is 11. The van der Waals surface area contributed by atoms with Gasteiger partial charge in [0, 0.05) is 25.9 Å². The number of nitrogens with zero attached hydrogens (tertiary/aromatic N) is 2. The van der Waals surface area contributed by atoms with E-state index in [0.717, 1.165) is 48.4 Å². The van der Waals surface area contributed by atoms with Crippen molar-refractivity contribution in [3.63, 3.8) is 0 Å². The fourth-order valence-electron chi connectivity index (χ4n) is 3.56. The highest BCUT2D eigenvalue weighted by Gasteiger charge is 2.11. The number of para-hydroxylation sites is 2. The Morgan fingerprint density at radius 2 is 1.90 bits per heavy atom. The standard InChI is InChI=1S/C25H33N3O2/c1-4-8-25(29)26-16-15-24-27-22-9-5-6-10-23(22)28(24)17-7-18-30-21-13-11-20(12-14-21)19(2)3/h5-6,9-14,19H,4,7-8,15-18H2,1-3H3,(H,26,29). The number of hydrogen-bond donors (Lipinski definition) is 1. The number of aryl methyl sites for hydroxylation is 1. The summed E-state index contributed by atoms with van der Waals surface area (Å²) in [6.07, 6.45) is 3.06. The van der Waals surface area contributed by atoms with E-state index in [0.29, 0.717) is 25.5 Å². The largest absolute Gasteiger partial charge is 0.494 e. The second-order valence-electron chi connectivity index (χ2n) is 7.94. The van der Waals surface area contributed by atoms with Crippen LogP contribution in [0.3, 0.4) is 0 Å². The van der Waals surface area contributed by atoms with Gasteiger partial charge in [-0.15, -0.1) is 0 Å². The second kappa shape index (κ2) is 10.8. The van der Waals surface area contributed by atoms with E-state index in [4.69, 9.17) is 9.72 Å². The molecule has 5 heteroatoms. The number of fused-ring (bicyclic) bond motifs is 1. The predicted molar refractivity (Wildman–Crippen MR) is 122 cm³/mol. The van der Waals surface area contributed by atoms with Crippen LogP contribution in [0.1, 0.15) is 57.3 Å². The van der Waals surface area contributed by atoms with Gasteiger partial charge < -0.3 is 14.6 Å². The van der Waals surface area contributed by atoms with Crippen molar-refractivity contribution in [1.82, 2.24) is 14.9 Å². The van der Waals surface area contributed by atoms with Gasteiger partial charge in [0.1, 0.15) is 11.6 Å². The van der Waals surface area contributed by atoms with E-state index in [1.165, 1.54) is 5.56 Å². The average Bonchev–Trinajstić information content (AvgIpc) is 3.09. The molecule has 0 spiro atoms. The zero-order valence-electron chi connectivity index (χ0n) is 18.4. The Bertz CT molecular complexity index is 945. The molecule has 1 amide bonds. The highest BCUT2D eigenvalue weighted by atomic mass is 16.5. The first-order chi connectivity index (χ1) is 14.6. The molecule has 1 heterocycles. The molecule has 0 aliphatic heterocycles. The topological polar surface area (TPSA) is 56.2 Å². The Morgan fingerprint density at radius 1 is 1.13 bits per heavy atom. The van der Waals surface area contributed by atoms with Gasteiger partial charge in [-0.05, 0) is 48.6 Å². The third-order valence-electron chi connectivity index (χ3n) is 5.22. The van der Waals surface area contributed by atoms with Crippen LogP contribution in [0.5, 0.6) is 5.75 Å². The quantitative estimate of drug-likeness (QED) is 0.451. The molecule has 5 nitrogen and oxygen atoms in total. The summed E-state index contributed by atoms with van der Waals surface area (Å²) < 4.78 is 8.20. The zero-order valence-corrected chi connectivity index (χ0v) is 18.4. The first-order valence-electron chi connectivity index (χ1n) is 11.0. The summed E-state index contributed by atoms with van der Waals surface area (Å²) in [5.74, 6) is 2.55. The van der Waals surface area contributed by atoms with Crippen molar-refractivity contribution in [1.29, 1.82) is 0 Å². The smallest absolute Gasteiger partial charge is 0.219 e. The lowest BCUT2D eigenvalue weighted by Crippen LogP contribution is -2.26. The van der Waals surface area contributed by atoms with Crippen LogP contribution in [0, 0.1) is 0 Å². The van der Waals surface area contributed by atoms with E-state index >= 15 is 0 Å². The molecule has 160 valence electrons. The van der Waals surface area contributed by atoms with E-state index < -0.39 is 0 Å². The number of amides is 1. The number of hydrogen-bond acceptors (Lipinski definition) is 3. The van der Waals surface area contributed by atoms with E-state index in [1.54, 1.807) is 0 Å². The van der Waals surface area contributed by atoms with Gasteiger partial charge in [-0.2, -0.15) is 0 Å². The number of aromatic nitrogens is 2. The Labute approximate surface area is 179 Å². The van der Waals surface area contributed by atoms with Crippen molar-refractivity contribution in [3.8, 4) is 5.75 Å². The minimum atomic E-state index is 0.108. The van der Waals surface area contributed by atoms with Crippen molar-refractivity contribution in [2.75, 3.05) is 13.2 Å². The summed E-state index contributed by atoms with van der Waals surface area (Å²) >= 11 is 0. The Balaban J connectivity index is 1.58. The SMILES string of the molecule is CCCC(=O)NCCc1nc2ccccc2n1CCCOc1ccc(C(C)C)cc1. The zero-order chi connectivity index (χ0) is 21.3. The Morgan fingerprint density at radius 3 is 2.63 bits per heavy atom. The van der Waals surface area contributed by atoms with E-state index in [2.05, 4.69) is 41.9 Å². The molecule has 0 saturated carbocycles. The fourth-order valence-corrected chi connectivity index (χ4v) is 3.56. The molecule has 0 fully saturated rings. The number of carbonyl (C=O) groups excluding carboxylic acids is 1. The first-order valence-corrected chi connectivity index (χ1v) is 11.0. The van der Waals surface area contributed by atoms with Gasteiger partial charge in [0.05, 0.1) is 17.6 Å². The number of ether oxygens (including phenoxy) is 1. The summed E-state index contributed by atoms with van der Waals surface area (Å²) in [5, 5.41) is 2.99. The first kappa shape index (κ1) is 21.9. The van der Waals surface area contributed by atoms with Crippen LogP contribution in [0.25, 0.3) is 11.0 Å². The van der Waals surface area contributed by atoms with Crippen LogP contribution in [0.4, 0.5) is 0 Å². The van der Waals surface area contributed by atoms with E-state index in [9.17, 15) is 4.79 Å². The molecule has 0 atom stereocenters. The normalized spacial score (nSPS) is 11.2. The number of nitrogens with one attached hydrogen (secondary N) is 1. The molecule has 30 heavy (non-hydrogen) atoms. The van der Waals surface area contributed by atoms with Crippen LogP contribution in [0.15, 0.2) is 48.5 Å². The molecule has 0 radical (unpaired) electrons. The van der Waals surface area contributed by atoms with Crippen molar-refractivity contribution >= 4 is 16.9 Å². The van der Waals surface area contributed by atoms with Gasteiger partial charge >= 0.3 is 0 Å². The number of imidazole rings is 1. The summed E-state index contributed by atoms with van der Waals surface area (Å²) in [4.78, 5) is 16.5. The summed E-state index contributed by atoms with van der Waals surface area (Å²) in [7, 11) is 0. The van der Waals surface area contributed by atoms with Crippen molar-refractivity contribution in [3.05, 3.63) is 59.9 Å². The number of carbonyl (C=O) groups is 1. The molecule has 3 rings (SSSR count). The number of benzene rings is 2. The molecule has 2 aromatic carbocycles. The monoisotopic (exact) mass is 407 g/mol. The predicted octanol–water partition coefficient (Wildman–Crippen LogP) is 5.09. The Kier molecular flexibility index (Phi) is 7.89. The molecule has 0 aliphatic rings. The molecule has 0 unspecified atom stereocenters. The Hall–Kier alpha value is -2.82. The lowest BCUT2D eigenvalue weighted by atomic mass is 10.0. The van der Waals surface area contributed by atoms with Crippen LogP contribution >= 0.6 is 0 Å². The third-order valence-corrected chi connectivity index (χ3v) is 5.22. The van der Waals surface area contributed by atoms with Crippen molar-refractivity contribution in [2.45, 2.75) is 58.9 Å². The van der Waals surface area contributed by atoms with Gasteiger partial charge in [0.2, 0.25) is 5.91 Å². The maximum atomic E-state index is 11.7. The van der Waals surface area contributed by atoms with Crippen LogP contribution in [-0.2, 0) is 17.8 Å². The molecule has 0 bridgehead atoms. The third kappa shape index (κ3) is 5.85. The molecule has 1 aromatic heterocycles. The maximum Gasteiger partial charge on any atom is 0.219 e.